The molecule has 146 valence electrons. The molecular formula is C20H27N3O4. The van der Waals surface area contributed by atoms with Gasteiger partial charge in [-0.2, -0.15) is 0 Å². The van der Waals surface area contributed by atoms with Crippen LogP contribution in [0.5, 0.6) is 11.5 Å². The molecule has 1 heterocycles. The Bertz CT molecular complexity index is 764. The molecule has 1 aromatic carbocycles. The van der Waals surface area contributed by atoms with E-state index in [0.717, 1.165) is 42.0 Å². The van der Waals surface area contributed by atoms with Crippen molar-refractivity contribution in [1.29, 1.82) is 0 Å². The number of amides is 1. The van der Waals surface area contributed by atoms with Gasteiger partial charge in [0.2, 0.25) is 5.91 Å². The van der Waals surface area contributed by atoms with Gasteiger partial charge in [-0.1, -0.05) is 11.2 Å². The number of nitrogens with one attached hydrogen (secondary N) is 2. The molecule has 27 heavy (non-hydrogen) atoms. The quantitative estimate of drug-likeness (QED) is 0.623. The van der Waals surface area contributed by atoms with E-state index in [1.165, 1.54) is 0 Å². The van der Waals surface area contributed by atoms with Crippen LogP contribution in [0.1, 0.15) is 35.4 Å². The van der Waals surface area contributed by atoms with E-state index < -0.39 is 0 Å². The van der Waals surface area contributed by atoms with Crippen molar-refractivity contribution in [2.24, 2.45) is 5.92 Å². The SMILES string of the molecule is COc1cc(CNCCNC(=O)C2CC2)ccc1OCc1c(C)noc1C. The van der Waals surface area contributed by atoms with Crippen molar-refractivity contribution in [3.8, 4) is 11.5 Å². The molecule has 0 aliphatic heterocycles. The van der Waals surface area contributed by atoms with Gasteiger partial charge in [0.1, 0.15) is 12.4 Å². The van der Waals surface area contributed by atoms with E-state index in [4.69, 9.17) is 14.0 Å². The second-order valence-electron chi connectivity index (χ2n) is 6.82. The predicted molar refractivity (Wildman–Crippen MR) is 101 cm³/mol. The average Bonchev–Trinajstić information content (AvgIpc) is 3.47. The lowest BCUT2D eigenvalue weighted by molar-refractivity contribution is -0.122. The third kappa shape index (κ3) is 5.23. The van der Waals surface area contributed by atoms with Gasteiger partial charge >= 0.3 is 0 Å². The predicted octanol–water partition coefficient (Wildman–Crippen LogP) is 2.49. The lowest BCUT2D eigenvalue weighted by atomic mass is 10.2. The van der Waals surface area contributed by atoms with Gasteiger partial charge in [-0.25, -0.2) is 0 Å². The van der Waals surface area contributed by atoms with Gasteiger partial charge in [-0.3, -0.25) is 4.79 Å². The number of aromatic nitrogens is 1. The number of carbonyl (C=O) groups excluding carboxylic acids is 1. The van der Waals surface area contributed by atoms with Crippen molar-refractivity contribution >= 4 is 5.91 Å². The molecule has 1 aromatic heterocycles. The lowest BCUT2D eigenvalue weighted by Gasteiger charge is -2.13. The summed E-state index contributed by atoms with van der Waals surface area (Å²) < 4.78 is 16.5. The third-order valence-corrected chi connectivity index (χ3v) is 4.66. The van der Waals surface area contributed by atoms with Crippen molar-refractivity contribution in [3.05, 3.63) is 40.8 Å². The van der Waals surface area contributed by atoms with Gasteiger partial charge in [0.15, 0.2) is 11.5 Å². The monoisotopic (exact) mass is 373 g/mol. The van der Waals surface area contributed by atoms with Gasteiger partial charge in [0, 0.05) is 25.6 Å². The summed E-state index contributed by atoms with van der Waals surface area (Å²) in [5, 5.41) is 10.2. The Labute approximate surface area is 159 Å². The zero-order valence-electron chi connectivity index (χ0n) is 16.1. The topological polar surface area (TPSA) is 85.6 Å². The van der Waals surface area contributed by atoms with E-state index in [2.05, 4.69) is 15.8 Å². The zero-order valence-corrected chi connectivity index (χ0v) is 16.1. The first-order chi connectivity index (χ1) is 13.1. The van der Waals surface area contributed by atoms with Crippen molar-refractivity contribution in [1.82, 2.24) is 15.8 Å². The number of methoxy groups -OCH3 is 1. The maximum absolute atomic E-state index is 11.6. The molecule has 0 spiro atoms. The molecule has 0 radical (unpaired) electrons. The molecule has 3 rings (SSSR count). The molecule has 0 bridgehead atoms. The van der Waals surface area contributed by atoms with E-state index >= 15 is 0 Å². The van der Waals surface area contributed by atoms with E-state index in [1.54, 1.807) is 7.11 Å². The maximum Gasteiger partial charge on any atom is 0.223 e. The highest BCUT2D eigenvalue weighted by atomic mass is 16.5. The first-order valence-electron chi connectivity index (χ1n) is 9.28. The van der Waals surface area contributed by atoms with E-state index in [-0.39, 0.29) is 11.8 Å². The Morgan fingerprint density at radius 3 is 2.74 bits per heavy atom. The number of ether oxygens (including phenoxy) is 2. The van der Waals surface area contributed by atoms with Crippen LogP contribution in [0, 0.1) is 19.8 Å². The van der Waals surface area contributed by atoms with Crippen LogP contribution in [0.15, 0.2) is 22.7 Å². The minimum absolute atomic E-state index is 0.179. The van der Waals surface area contributed by atoms with Crippen molar-refractivity contribution < 1.29 is 18.8 Å². The number of rotatable bonds is 10. The number of carbonyl (C=O) groups is 1. The lowest BCUT2D eigenvalue weighted by Crippen LogP contribution is -2.32. The fourth-order valence-electron chi connectivity index (χ4n) is 2.80. The minimum Gasteiger partial charge on any atom is -0.493 e. The van der Waals surface area contributed by atoms with E-state index in [1.807, 2.05) is 32.0 Å². The van der Waals surface area contributed by atoms with Crippen LogP contribution in [-0.4, -0.2) is 31.3 Å². The van der Waals surface area contributed by atoms with Crippen LogP contribution in [0.2, 0.25) is 0 Å². The van der Waals surface area contributed by atoms with Gasteiger partial charge in [-0.05, 0) is 44.4 Å². The molecule has 1 fully saturated rings. The molecule has 0 saturated heterocycles. The van der Waals surface area contributed by atoms with Gasteiger partial charge in [-0.15, -0.1) is 0 Å². The first-order valence-corrected chi connectivity index (χ1v) is 9.28. The van der Waals surface area contributed by atoms with Gasteiger partial charge < -0.3 is 24.6 Å². The van der Waals surface area contributed by atoms with E-state index in [0.29, 0.717) is 31.2 Å². The second kappa shape index (κ2) is 8.90. The standard InChI is InChI=1S/C20H27N3O4/c1-13-17(14(2)27-23-13)12-26-18-7-4-15(10-19(18)25-3)11-21-8-9-22-20(24)16-5-6-16/h4,7,10,16,21H,5-6,8-9,11-12H2,1-3H3,(H,22,24). The molecule has 0 atom stereocenters. The van der Waals surface area contributed by atoms with Crippen molar-refractivity contribution in [3.63, 3.8) is 0 Å². The first kappa shape index (κ1) is 19.2. The molecule has 1 aliphatic rings. The molecule has 0 unspecified atom stereocenters. The van der Waals surface area contributed by atoms with Crippen LogP contribution in [0.4, 0.5) is 0 Å². The number of hydrogen-bond donors (Lipinski definition) is 2. The average molecular weight is 373 g/mol. The van der Waals surface area contributed by atoms with Crippen molar-refractivity contribution in [2.45, 2.75) is 39.8 Å². The Hall–Kier alpha value is -2.54. The molecule has 7 heteroatoms. The summed E-state index contributed by atoms with van der Waals surface area (Å²) in [6, 6.07) is 5.86. The Balaban J connectivity index is 1.47. The summed E-state index contributed by atoms with van der Waals surface area (Å²) in [7, 11) is 1.63. The number of benzene rings is 1. The summed E-state index contributed by atoms with van der Waals surface area (Å²) in [5.74, 6) is 2.56. The highest BCUT2D eigenvalue weighted by Gasteiger charge is 2.28. The van der Waals surface area contributed by atoms with Gasteiger partial charge in [0.25, 0.3) is 0 Å². The van der Waals surface area contributed by atoms with Gasteiger partial charge in [0.05, 0.1) is 18.4 Å². The number of aryl methyl sites for hydroxylation is 2. The number of nitrogens with zero attached hydrogens (tertiary/aromatic N) is 1. The highest BCUT2D eigenvalue weighted by molar-refractivity contribution is 5.80. The fraction of sp³-hybridized carbons (Fsp3) is 0.500. The van der Waals surface area contributed by atoms with Crippen molar-refractivity contribution in [2.75, 3.05) is 20.2 Å². The normalized spacial score (nSPS) is 13.4. The Kier molecular flexibility index (Phi) is 6.34. The molecule has 1 aliphatic carbocycles. The summed E-state index contributed by atoms with van der Waals surface area (Å²) in [5.41, 5.74) is 2.88. The second-order valence-corrected chi connectivity index (χ2v) is 6.82. The smallest absolute Gasteiger partial charge is 0.223 e. The van der Waals surface area contributed by atoms with Crippen LogP contribution in [0.25, 0.3) is 0 Å². The van der Waals surface area contributed by atoms with Crippen LogP contribution >= 0.6 is 0 Å². The fourth-order valence-corrected chi connectivity index (χ4v) is 2.80. The molecule has 7 nitrogen and oxygen atoms in total. The van der Waals surface area contributed by atoms with Crippen LogP contribution < -0.4 is 20.1 Å². The zero-order chi connectivity index (χ0) is 19.2. The molecule has 2 N–H and O–H groups in total. The Morgan fingerprint density at radius 2 is 2.07 bits per heavy atom. The summed E-state index contributed by atoms with van der Waals surface area (Å²) >= 11 is 0. The molecule has 2 aromatic rings. The van der Waals surface area contributed by atoms with Crippen LogP contribution in [0.3, 0.4) is 0 Å². The third-order valence-electron chi connectivity index (χ3n) is 4.66. The summed E-state index contributed by atoms with van der Waals surface area (Å²) in [4.78, 5) is 11.6. The Morgan fingerprint density at radius 1 is 1.26 bits per heavy atom. The highest BCUT2D eigenvalue weighted by Crippen LogP contribution is 2.30. The molecular weight excluding hydrogens is 346 g/mol. The molecule has 1 saturated carbocycles. The minimum atomic E-state index is 0.179. The van der Waals surface area contributed by atoms with Crippen LogP contribution in [-0.2, 0) is 17.9 Å². The van der Waals surface area contributed by atoms with E-state index in [9.17, 15) is 4.79 Å². The summed E-state index contributed by atoms with van der Waals surface area (Å²) in [6.45, 7) is 6.22. The molecule has 1 amide bonds. The largest absolute Gasteiger partial charge is 0.493 e. The number of hydrogen-bond acceptors (Lipinski definition) is 6. The maximum atomic E-state index is 11.6. The summed E-state index contributed by atoms with van der Waals surface area (Å²) in [6.07, 6.45) is 2.06.